The van der Waals surface area contributed by atoms with Crippen molar-refractivity contribution in [3.8, 4) is 5.69 Å². The Labute approximate surface area is 173 Å². The molecule has 8 nitrogen and oxygen atoms in total. The topological polar surface area (TPSA) is 85.0 Å². The molecule has 3 aromatic rings. The molecule has 0 aliphatic carbocycles. The number of nitrogens with zero attached hydrogens (tertiary/aromatic N) is 5. The lowest BCUT2D eigenvalue weighted by atomic mass is 9.95. The molecule has 1 N–H and O–H groups in total. The minimum Gasteiger partial charge on any atom is -0.339 e. The van der Waals surface area contributed by atoms with Gasteiger partial charge in [-0.15, -0.1) is 0 Å². The van der Waals surface area contributed by atoms with Crippen LogP contribution in [0, 0.1) is 11.7 Å². The van der Waals surface area contributed by atoms with E-state index in [2.05, 4.69) is 15.5 Å². The number of carbonyl (C=O) groups is 2. The summed E-state index contributed by atoms with van der Waals surface area (Å²) in [5.74, 6) is -0.972. The van der Waals surface area contributed by atoms with Crippen LogP contribution in [0.25, 0.3) is 5.69 Å². The molecule has 0 atom stereocenters. The summed E-state index contributed by atoms with van der Waals surface area (Å²) in [6, 6.07) is 6.09. The highest BCUT2D eigenvalue weighted by Crippen LogP contribution is 2.22. The Morgan fingerprint density at radius 3 is 2.67 bits per heavy atom. The van der Waals surface area contributed by atoms with Gasteiger partial charge in [0.1, 0.15) is 11.5 Å². The summed E-state index contributed by atoms with van der Waals surface area (Å²) in [6.07, 6.45) is 7.75. The monoisotopic (exact) mass is 410 g/mol. The van der Waals surface area contributed by atoms with E-state index < -0.39 is 5.82 Å². The molecule has 9 heteroatoms. The first-order chi connectivity index (χ1) is 14.5. The van der Waals surface area contributed by atoms with Crippen molar-refractivity contribution in [2.45, 2.75) is 26.3 Å². The minimum atomic E-state index is -0.508. The number of likely N-dealkylation sites (tertiary alicyclic amines) is 1. The van der Waals surface area contributed by atoms with Crippen LogP contribution >= 0.6 is 0 Å². The third-order valence-corrected chi connectivity index (χ3v) is 5.32. The van der Waals surface area contributed by atoms with Crippen molar-refractivity contribution in [1.82, 2.24) is 24.5 Å². The maximum atomic E-state index is 14.5. The molecule has 1 aromatic carbocycles. The van der Waals surface area contributed by atoms with Gasteiger partial charge in [-0.2, -0.15) is 10.2 Å². The van der Waals surface area contributed by atoms with Gasteiger partial charge in [-0.1, -0.05) is 0 Å². The van der Waals surface area contributed by atoms with Crippen LogP contribution < -0.4 is 5.32 Å². The Hall–Kier alpha value is -3.49. The fraction of sp³-hybridized carbons (Fsp3) is 0.333. The van der Waals surface area contributed by atoms with Gasteiger partial charge < -0.3 is 10.2 Å². The summed E-state index contributed by atoms with van der Waals surface area (Å²) < 4.78 is 17.6. The van der Waals surface area contributed by atoms with E-state index >= 15 is 0 Å². The van der Waals surface area contributed by atoms with E-state index in [0.717, 1.165) is 6.54 Å². The summed E-state index contributed by atoms with van der Waals surface area (Å²) in [6.45, 7) is 3.61. The van der Waals surface area contributed by atoms with Crippen LogP contribution in [0.4, 0.5) is 10.1 Å². The van der Waals surface area contributed by atoms with Gasteiger partial charge in [0, 0.05) is 49.7 Å². The van der Waals surface area contributed by atoms with Crippen molar-refractivity contribution in [1.29, 1.82) is 0 Å². The van der Waals surface area contributed by atoms with Crippen molar-refractivity contribution >= 4 is 17.5 Å². The third-order valence-electron chi connectivity index (χ3n) is 5.32. The summed E-state index contributed by atoms with van der Waals surface area (Å²) in [5, 5.41) is 11.0. The van der Waals surface area contributed by atoms with Gasteiger partial charge in [0.25, 0.3) is 5.91 Å². The molecule has 4 rings (SSSR count). The number of rotatable bonds is 5. The van der Waals surface area contributed by atoms with Crippen LogP contribution in [0.2, 0.25) is 0 Å². The predicted octanol–water partition coefficient (Wildman–Crippen LogP) is 2.72. The van der Waals surface area contributed by atoms with Gasteiger partial charge in [0.15, 0.2) is 0 Å². The molecular formula is C21H23FN6O2. The number of hydrogen-bond donors (Lipinski definition) is 1. The third kappa shape index (κ3) is 4.10. The number of nitrogens with one attached hydrogen (secondary N) is 1. The maximum Gasteiger partial charge on any atom is 0.253 e. The summed E-state index contributed by atoms with van der Waals surface area (Å²) in [4.78, 5) is 26.9. The molecule has 156 valence electrons. The van der Waals surface area contributed by atoms with Gasteiger partial charge in [0.2, 0.25) is 5.91 Å². The molecule has 2 aromatic heterocycles. The second-order valence-electron chi connectivity index (χ2n) is 7.26. The first kappa shape index (κ1) is 19.8. The molecule has 0 bridgehead atoms. The molecule has 1 aliphatic rings. The highest BCUT2D eigenvalue weighted by atomic mass is 19.1. The largest absolute Gasteiger partial charge is 0.339 e. The van der Waals surface area contributed by atoms with Gasteiger partial charge in [-0.25, -0.2) is 9.07 Å². The minimum absolute atomic E-state index is 0.0626. The summed E-state index contributed by atoms with van der Waals surface area (Å²) in [7, 11) is 0. The molecule has 30 heavy (non-hydrogen) atoms. The Morgan fingerprint density at radius 1 is 1.23 bits per heavy atom. The van der Waals surface area contributed by atoms with E-state index in [1.165, 1.54) is 10.7 Å². The average molecular weight is 410 g/mol. The first-order valence-corrected chi connectivity index (χ1v) is 9.97. The second-order valence-corrected chi connectivity index (χ2v) is 7.26. The molecule has 1 saturated heterocycles. The number of aryl methyl sites for hydroxylation is 1. The van der Waals surface area contributed by atoms with E-state index in [1.54, 1.807) is 52.6 Å². The highest BCUT2D eigenvalue weighted by Gasteiger charge is 2.28. The number of aromatic nitrogens is 4. The standard InChI is InChI=1S/C21H23FN6O2/c1-2-27-14-17(13-24-27)25-20(29)15-6-10-26(11-7-15)21(30)16-4-5-19(18(22)12-16)28-9-3-8-23-28/h3-5,8-9,12-15H,2,6-7,10-11H2,1H3,(H,25,29). The lowest BCUT2D eigenvalue weighted by Gasteiger charge is -2.31. The molecule has 2 amide bonds. The van der Waals surface area contributed by atoms with Crippen molar-refractivity contribution in [2.24, 2.45) is 5.92 Å². The van der Waals surface area contributed by atoms with Crippen LogP contribution in [-0.4, -0.2) is 49.4 Å². The van der Waals surface area contributed by atoms with Gasteiger partial charge in [-0.05, 0) is 44.0 Å². The molecular weight excluding hydrogens is 387 g/mol. The summed E-state index contributed by atoms with van der Waals surface area (Å²) in [5.41, 5.74) is 1.25. The molecule has 3 heterocycles. The number of piperidine rings is 1. The SMILES string of the molecule is CCn1cc(NC(=O)C2CCN(C(=O)c3ccc(-n4cccn4)c(F)c3)CC2)cn1. The maximum absolute atomic E-state index is 14.5. The molecule has 1 aliphatic heterocycles. The van der Waals surface area contributed by atoms with Gasteiger partial charge >= 0.3 is 0 Å². The smallest absolute Gasteiger partial charge is 0.253 e. The van der Waals surface area contributed by atoms with Crippen LogP contribution in [-0.2, 0) is 11.3 Å². The zero-order valence-corrected chi connectivity index (χ0v) is 16.7. The fourth-order valence-corrected chi connectivity index (χ4v) is 3.61. The van der Waals surface area contributed by atoms with Crippen LogP contribution in [0.5, 0.6) is 0 Å². The number of halogens is 1. The molecule has 0 unspecified atom stereocenters. The van der Waals surface area contributed by atoms with Crippen LogP contribution in [0.1, 0.15) is 30.1 Å². The zero-order chi connectivity index (χ0) is 21.1. The molecule has 0 saturated carbocycles. The van der Waals surface area contributed by atoms with E-state index in [1.807, 2.05) is 6.92 Å². The van der Waals surface area contributed by atoms with E-state index in [4.69, 9.17) is 0 Å². The summed E-state index contributed by atoms with van der Waals surface area (Å²) >= 11 is 0. The zero-order valence-electron chi connectivity index (χ0n) is 16.7. The van der Waals surface area contributed by atoms with Crippen molar-refractivity contribution in [3.05, 3.63) is 60.4 Å². The number of hydrogen-bond acceptors (Lipinski definition) is 4. The Balaban J connectivity index is 1.35. The first-order valence-electron chi connectivity index (χ1n) is 9.97. The van der Waals surface area contributed by atoms with Crippen molar-refractivity contribution in [2.75, 3.05) is 18.4 Å². The van der Waals surface area contributed by atoms with Crippen molar-refractivity contribution < 1.29 is 14.0 Å². The number of carbonyl (C=O) groups excluding carboxylic acids is 2. The lowest BCUT2D eigenvalue weighted by Crippen LogP contribution is -2.41. The molecule has 0 spiro atoms. The molecule has 1 fully saturated rings. The number of anilines is 1. The lowest BCUT2D eigenvalue weighted by molar-refractivity contribution is -0.121. The normalized spacial score (nSPS) is 14.7. The van der Waals surface area contributed by atoms with E-state index in [0.29, 0.717) is 42.9 Å². The highest BCUT2D eigenvalue weighted by molar-refractivity contribution is 5.95. The Morgan fingerprint density at radius 2 is 2.03 bits per heavy atom. The van der Waals surface area contributed by atoms with Crippen LogP contribution in [0.15, 0.2) is 49.1 Å². The van der Waals surface area contributed by atoms with E-state index in [-0.39, 0.29) is 17.7 Å². The van der Waals surface area contributed by atoms with Crippen LogP contribution in [0.3, 0.4) is 0 Å². The van der Waals surface area contributed by atoms with Gasteiger partial charge in [0.05, 0.1) is 11.9 Å². The number of benzene rings is 1. The fourth-order valence-electron chi connectivity index (χ4n) is 3.61. The van der Waals surface area contributed by atoms with Crippen molar-refractivity contribution in [3.63, 3.8) is 0 Å². The van der Waals surface area contributed by atoms with Gasteiger partial charge in [-0.3, -0.25) is 14.3 Å². The predicted molar refractivity (Wildman–Crippen MR) is 109 cm³/mol. The van der Waals surface area contributed by atoms with E-state index in [9.17, 15) is 14.0 Å². The average Bonchev–Trinajstić information content (AvgIpc) is 3.45. The Bertz CT molecular complexity index is 1040. The quantitative estimate of drug-likeness (QED) is 0.701. The molecule has 0 radical (unpaired) electrons. The number of amides is 2. The second kappa shape index (κ2) is 8.48. The Kier molecular flexibility index (Phi) is 5.60.